The minimum Gasteiger partial charge on any atom is -0.493 e. The molecule has 1 unspecified atom stereocenters. The molecule has 8 rings (SSSR count). The number of hydrogen-bond acceptors (Lipinski definition) is 15. The van der Waals surface area contributed by atoms with Crippen molar-refractivity contribution in [2.24, 2.45) is 16.6 Å². The number of nitrogens with zero attached hydrogens (tertiary/aromatic N) is 4. The Morgan fingerprint density at radius 3 is 1.71 bits per heavy atom. The summed E-state index contributed by atoms with van der Waals surface area (Å²) in [6.45, 7) is -9.98. The zero-order chi connectivity index (χ0) is 49.1. The lowest BCUT2D eigenvalue weighted by atomic mass is 9.97. The second-order valence-corrected chi connectivity index (χ2v) is 16.3. The SMILES string of the molecule is COc1cc(NCc2cncs2)ccc1OC(F)F.FC(F)Oc1ccc(NCc2cncs2)cc1OCC1CC1.NCC1=NC=CN(c2ccccc2OC(F)F)C1c1ccccc1OC(F)F. The number of methoxy groups -OCH3 is 1. The largest absolute Gasteiger partial charge is 0.493 e. The van der Waals surface area contributed by atoms with E-state index in [-0.39, 0.29) is 35.3 Å². The van der Waals surface area contributed by atoms with Crippen LogP contribution in [-0.2, 0) is 13.1 Å². The molecule has 3 heterocycles. The van der Waals surface area contributed by atoms with Crippen LogP contribution in [0.5, 0.6) is 34.5 Å². The van der Waals surface area contributed by atoms with Gasteiger partial charge in [0, 0.05) is 70.2 Å². The number of rotatable bonds is 21. The third-order valence-electron chi connectivity index (χ3n) is 9.67. The lowest BCUT2D eigenvalue weighted by molar-refractivity contribution is -0.0520. The van der Waals surface area contributed by atoms with Gasteiger partial charge in [0.15, 0.2) is 23.0 Å². The van der Waals surface area contributed by atoms with E-state index in [2.05, 4.69) is 44.5 Å². The zero-order valence-electron chi connectivity index (χ0n) is 36.4. The Labute approximate surface area is 399 Å². The Balaban J connectivity index is 0.000000174. The number of nitrogens with two attached hydrogens (primary N) is 1. The number of halogens is 8. The van der Waals surface area contributed by atoms with Crippen LogP contribution in [0.2, 0.25) is 0 Å². The summed E-state index contributed by atoms with van der Waals surface area (Å²) in [5, 5.41) is 6.37. The molecule has 1 aliphatic heterocycles. The maximum Gasteiger partial charge on any atom is 0.387 e. The number of aliphatic imine (C=N–C) groups is 1. The third kappa shape index (κ3) is 16.1. The van der Waals surface area contributed by atoms with Gasteiger partial charge in [0.1, 0.15) is 17.5 Å². The molecule has 0 saturated heterocycles. The number of benzene rings is 4. The normalized spacial score (nSPS) is 14.1. The van der Waals surface area contributed by atoms with Crippen molar-refractivity contribution in [1.82, 2.24) is 9.97 Å². The molecule has 69 heavy (non-hydrogen) atoms. The van der Waals surface area contributed by atoms with Crippen molar-refractivity contribution < 1.29 is 63.5 Å². The smallest absolute Gasteiger partial charge is 0.387 e. The molecule has 4 N–H and O–H groups in total. The fraction of sp³-hybridized carbons (Fsp3) is 0.283. The molecule has 2 aromatic heterocycles. The molecule has 2 aliphatic rings. The van der Waals surface area contributed by atoms with Crippen LogP contribution in [0.3, 0.4) is 0 Å². The highest BCUT2D eigenvalue weighted by Crippen LogP contribution is 2.41. The summed E-state index contributed by atoms with van der Waals surface area (Å²) in [6.07, 6.45) is 8.81. The predicted molar refractivity (Wildman–Crippen MR) is 247 cm³/mol. The molecule has 1 atom stereocenters. The first-order chi connectivity index (χ1) is 33.4. The maximum atomic E-state index is 12.9. The summed E-state index contributed by atoms with van der Waals surface area (Å²) in [5.41, 5.74) is 12.0. The van der Waals surface area contributed by atoms with E-state index < -0.39 is 32.5 Å². The Bertz CT molecular complexity index is 2540. The lowest BCUT2D eigenvalue weighted by Gasteiger charge is -2.35. The third-order valence-corrected chi connectivity index (χ3v) is 11.2. The lowest BCUT2D eigenvalue weighted by Crippen LogP contribution is -2.36. The topological polar surface area (TPSA) is 147 Å². The van der Waals surface area contributed by atoms with Crippen LogP contribution in [0.4, 0.5) is 52.2 Å². The van der Waals surface area contributed by atoms with Gasteiger partial charge >= 0.3 is 26.4 Å². The van der Waals surface area contributed by atoms with Crippen LogP contribution >= 0.6 is 22.7 Å². The predicted octanol–water partition coefficient (Wildman–Crippen LogP) is 11.8. The summed E-state index contributed by atoms with van der Waals surface area (Å²) >= 11 is 3.09. The molecule has 6 aromatic rings. The number of anilines is 3. The molecular weight excluding hydrogens is 963 g/mol. The van der Waals surface area contributed by atoms with E-state index >= 15 is 0 Å². The van der Waals surface area contributed by atoms with Gasteiger partial charge in [-0.05, 0) is 61.2 Å². The quantitative estimate of drug-likeness (QED) is 0.0590. The Kier molecular flexibility index (Phi) is 19.5. The van der Waals surface area contributed by atoms with Crippen LogP contribution in [0.15, 0.2) is 126 Å². The van der Waals surface area contributed by atoms with Gasteiger partial charge in [-0.3, -0.25) is 15.0 Å². The van der Waals surface area contributed by atoms with E-state index in [9.17, 15) is 35.1 Å². The van der Waals surface area contributed by atoms with Crippen molar-refractivity contribution in [1.29, 1.82) is 0 Å². The van der Waals surface area contributed by atoms with Gasteiger partial charge in [0.05, 0.1) is 49.2 Å². The monoisotopic (exact) mass is 1010 g/mol. The Morgan fingerprint density at radius 2 is 1.17 bits per heavy atom. The molecular formula is C46H45F8N7O6S2. The van der Waals surface area contributed by atoms with Gasteiger partial charge in [0.2, 0.25) is 0 Å². The van der Waals surface area contributed by atoms with Crippen molar-refractivity contribution in [2.45, 2.75) is 58.4 Å². The molecule has 368 valence electrons. The van der Waals surface area contributed by atoms with Gasteiger partial charge in [-0.25, -0.2) is 0 Å². The number of hydrogen-bond donors (Lipinski definition) is 3. The molecule has 1 saturated carbocycles. The van der Waals surface area contributed by atoms with E-state index in [1.54, 1.807) is 100 Å². The second-order valence-electron chi connectivity index (χ2n) is 14.4. The molecule has 23 heteroatoms. The van der Waals surface area contributed by atoms with Gasteiger partial charge in [-0.1, -0.05) is 30.3 Å². The van der Waals surface area contributed by atoms with Crippen LogP contribution in [0.1, 0.15) is 34.2 Å². The van der Waals surface area contributed by atoms with E-state index in [1.165, 1.54) is 55.1 Å². The van der Waals surface area contributed by atoms with Crippen LogP contribution in [-0.4, -0.2) is 62.4 Å². The summed E-state index contributed by atoms with van der Waals surface area (Å²) in [5.74, 6) is 1.10. The molecule has 4 aromatic carbocycles. The first-order valence-corrected chi connectivity index (χ1v) is 22.5. The van der Waals surface area contributed by atoms with E-state index in [1.807, 2.05) is 0 Å². The highest BCUT2D eigenvalue weighted by molar-refractivity contribution is 7.09. The Morgan fingerprint density at radius 1 is 0.652 bits per heavy atom. The molecule has 0 spiro atoms. The van der Waals surface area contributed by atoms with Gasteiger partial charge in [-0.2, -0.15) is 35.1 Å². The van der Waals surface area contributed by atoms with Crippen molar-refractivity contribution in [3.63, 3.8) is 0 Å². The van der Waals surface area contributed by atoms with E-state index in [4.69, 9.17) is 15.2 Å². The average Bonchev–Trinajstić information content (AvgIpc) is 3.72. The van der Waals surface area contributed by atoms with Crippen molar-refractivity contribution >= 4 is 45.4 Å². The standard InChI is InChI=1S/C19H17F4N3O2.C15H16F2N2O2S.C12H12F2N2O2S/c20-18(21)27-15-7-3-1-5-12(15)17-13(11-24)25-9-10-26(17)14-6-2-4-8-16(14)28-19(22)23;16-15(17)21-13-4-3-11(19-7-12-6-18-9-22-12)5-14(13)20-8-10-1-2-10;1-17-11-4-8(2-3-10(11)18-12(13)14)16-6-9-5-15-7-19-9/h1-10,17-19H,11,24H2;3-6,9-10,15,19H,1-2,7-8H2;2-5,7,12,16H,6H2,1H3. The minimum absolute atomic E-state index is 0.0147. The first-order valence-electron chi connectivity index (χ1n) is 20.8. The van der Waals surface area contributed by atoms with Crippen molar-refractivity contribution in [3.8, 4) is 34.5 Å². The van der Waals surface area contributed by atoms with Crippen molar-refractivity contribution in [3.05, 3.63) is 136 Å². The molecule has 1 fully saturated rings. The number of thiazole rings is 2. The Hall–Kier alpha value is -6.85. The molecule has 13 nitrogen and oxygen atoms in total. The molecule has 0 radical (unpaired) electrons. The average molecular weight is 1010 g/mol. The zero-order valence-corrected chi connectivity index (χ0v) is 38.0. The fourth-order valence-electron chi connectivity index (χ4n) is 6.43. The maximum absolute atomic E-state index is 12.9. The molecule has 0 bridgehead atoms. The number of aromatic nitrogens is 2. The van der Waals surface area contributed by atoms with Crippen LogP contribution in [0.25, 0.3) is 0 Å². The summed E-state index contributed by atoms with van der Waals surface area (Å²) in [6, 6.07) is 21.2. The van der Waals surface area contributed by atoms with Crippen LogP contribution in [0, 0.1) is 5.92 Å². The number of para-hydroxylation sites is 3. The highest BCUT2D eigenvalue weighted by Gasteiger charge is 2.31. The minimum atomic E-state index is -3.03. The van der Waals surface area contributed by atoms with Crippen molar-refractivity contribution in [2.75, 3.05) is 35.8 Å². The van der Waals surface area contributed by atoms with E-state index in [0.717, 1.165) is 34.0 Å². The van der Waals surface area contributed by atoms with Gasteiger partial charge < -0.3 is 49.7 Å². The first kappa shape index (κ1) is 51.5. The molecule has 1 aliphatic carbocycles. The number of nitrogens with one attached hydrogen (secondary N) is 2. The number of alkyl halides is 8. The summed E-state index contributed by atoms with van der Waals surface area (Å²) in [7, 11) is 1.40. The number of ether oxygens (including phenoxy) is 6. The fourth-order valence-corrected chi connectivity index (χ4v) is 7.50. The van der Waals surface area contributed by atoms with Gasteiger partial charge in [-0.15, -0.1) is 22.7 Å². The van der Waals surface area contributed by atoms with Gasteiger partial charge in [0.25, 0.3) is 0 Å². The summed E-state index contributed by atoms with van der Waals surface area (Å²) in [4.78, 5) is 16.0. The van der Waals surface area contributed by atoms with E-state index in [0.29, 0.717) is 48.3 Å². The highest BCUT2D eigenvalue weighted by atomic mass is 32.1. The molecule has 0 amide bonds. The summed E-state index contributed by atoms with van der Waals surface area (Å²) < 4.78 is 129. The second kappa shape index (κ2) is 26.1. The van der Waals surface area contributed by atoms with Crippen LogP contribution < -0.4 is 49.7 Å².